The molecule has 0 spiro atoms. The highest BCUT2D eigenvalue weighted by Gasteiger charge is 2.13. The van der Waals surface area contributed by atoms with Gasteiger partial charge in [0.05, 0.1) is 17.2 Å². The lowest BCUT2D eigenvalue weighted by Crippen LogP contribution is -2.22. The summed E-state index contributed by atoms with van der Waals surface area (Å²) in [6.45, 7) is 2.58. The van der Waals surface area contributed by atoms with Gasteiger partial charge in [0.1, 0.15) is 5.75 Å². The number of hydrogen-bond donors (Lipinski definition) is 0. The molecule has 5 heteroatoms. The Balaban J connectivity index is 2.01. The van der Waals surface area contributed by atoms with Crippen molar-refractivity contribution in [3.8, 4) is 22.0 Å². The first-order valence-electron chi connectivity index (χ1n) is 7.86. The summed E-state index contributed by atoms with van der Waals surface area (Å²) >= 11 is 1.66. The molecule has 0 aliphatic rings. The van der Waals surface area contributed by atoms with Crippen molar-refractivity contribution in [1.29, 1.82) is 0 Å². The number of carbonyl (C=O) groups is 1. The average Bonchev–Trinajstić information content (AvgIpc) is 3.23. The molecular formula is C19H18NO3S-. The Bertz CT molecular complexity index is 804. The molecule has 24 heavy (non-hydrogen) atoms. The molecule has 3 rings (SSSR count). The molecule has 124 valence electrons. The fourth-order valence-electron chi connectivity index (χ4n) is 2.68. The van der Waals surface area contributed by atoms with E-state index in [1.807, 2.05) is 54.8 Å². The van der Waals surface area contributed by atoms with Gasteiger partial charge in [-0.15, -0.1) is 11.3 Å². The zero-order valence-corrected chi connectivity index (χ0v) is 14.2. The number of carbonyl (C=O) groups excluding carboxylic acids is 1. The van der Waals surface area contributed by atoms with Crippen LogP contribution in [0.5, 0.6) is 5.75 Å². The second-order valence-corrected chi connectivity index (χ2v) is 6.27. The maximum absolute atomic E-state index is 10.8. The van der Waals surface area contributed by atoms with E-state index in [-0.39, 0.29) is 6.42 Å². The molecule has 1 aromatic carbocycles. The van der Waals surface area contributed by atoms with Crippen LogP contribution in [0, 0.1) is 0 Å². The van der Waals surface area contributed by atoms with Crippen molar-refractivity contribution in [2.24, 2.45) is 0 Å². The smallest absolute Gasteiger partial charge is 0.119 e. The van der Waals surface area contributed by atoms with Crippen LogP contribution in [0.2, 0.25) is 0 Å². The highest BCUT2D eigenvalue weighted by atomic mass is 32.1. The number of rotatable bonds is 7. The van der Waals surface area contributed by atoms with Crippen LogP contribution in [0.3, 0.4) is 0 Å². The van der Waals surface area contributed by atoms with E-state index in [0.717, 1.165) is 27.7 Å². The van der Waals surface area contributed by atoms with E-state index in [2.05, 4.69) is 10.6 Å². The number of aryl methyl sites for hydroxylation is 1. The Kier molecular flexibility index (Phi) is 5.01. The maximum Gasteiger partial charge on any atom is 0.119 e. The van der Waals surface area contributed by atoms with Gasteiger partial charge in [0.2, 0.25) is 0 Å². The van der Waals surface area contributed by atoms with Gasteiger partial charge in [-0.1, -0.05) is 6.07 Å². The molecular weight excluding hydrogens is 322 g/mol. The molecule has 0 N–H and O–H groups in total. The largest absolute Gasteiger partial charge is 0.550 e. The van der Waals surface area contributed by atoms with E-state index >= 15 is 0 Å². The van der Waals surface area contributed by atoms with E-state index in [1.54, 1.807) is 11.3 Å². The number of benzene rings is 1. The summed E-state index contributed by atoms with van der Waals surface area (Å²) in [5.41, 5.74) is 2.99. The third-order valence-electron chi connectivity index (χ3n) is 3.73. The van der Waals surface area contributed by atoms with Crippen molar-refractivity contribution < 1.29 is 14.6 Å². The van der Waals surface area contributed by atoms with Crippen molar-refractivity contribution in [3.63, 3.8) is 0 Å². The Labute approximate surface area is 144 Å². The van der Waals surface area contributed by atoms with Gasteiger partial charge in [-0.05, 0) is 67.6 Å². The number of nitrogens with zero attached hydrogens (tertiary/aromatic N) is 1. The SMILES string of the molecule is CCOc1ccc(-n2c(CCC(=O)[O-])ccc2-c2cccs2)cc1. The fourth-order valence-corrected chi connectivity index (χ4v) is 3.42. The third kappa shape index (κ3) is 3.51. The van der Waals surface area contributed by atoms with Gasteiger partial charge >= 0.3 is 0 Å². The van der Waals surface area contributed by atoms with Crippen LogP contribution in [-0.4, -0.2) is 17.1 Å². The summed E-state index contributed by atoms with van der Waals surface area (Å²) in [5, 5.41) is 12.9. The minimum absolute atomic E-state index is 0.00488. The van der Waals surface area contributed by atoms with E-state index in [1.165, 1.54) is 0 Å². The van der Waals surface area contributed by atoms with E-state index in [0.29, 0.717) is 13.0 Å². The Hall–Kier alpha value is -2.53. The molecule has 0 aliphatic heterocycles. The van der Waals surface area contributed by atoms with Gasteiger partial charge in [0.25, 0.3) is 0 Å². The zero-order valence-electron chi connectivity index (χ0n) is 13.4. The molecule has 2 aromatic heterocycles. The zero-order chi connectivity index (χ0) is 16.9. The molecule has 0 bridgehead atoms. The Morgan fingerprint density at radius 1 is 1.17 bits per heavy atom. The van der Waals surface area contributed by atoms with Gasteiger partial charge in [0, 0.05) is 17.4 Å². The summed E-state index contributed by atoms with van der Waals surface area (Å²) in [4.78, 5) is 12.0. The normalized spacial score (nSPS) is 10.7. The van der Waals surface area contributed by atoms with Gasteiger partial charge in [-0.25, -0.2) is 0 Å². The summed E-state index contributed by atoms with van der Waals surface area (Å²) in [7, 11) is 0. The highest BCUT2D eigenvalue weighted by Crippen LogP contribution is 2.31. The van der Waals surface area contributed by atoms with Crippen molar-refractivity contribution in [2.75, 3.05) is 6.61 Å². The molecule has 0 amide bonds. The molecule has 0 radical (unpaired) electrons. The number of carboxylic acid groups (broad SMARTS) is 1. The Morgan fingerprint density at radius 3 is 2.58 bits per heavy atom. The monoisotopic (exact) mass is 340 g/mol. The highest BCUT2D eigenvalue weighted by molar-refractivity contribution is 7.13. The lowest BCUT2D eigenvalue weighted by Gasteiger charge is -2.14. The molecule has 0 fully saturated rings. The van der Waals surface area contributed by atoms with Crippen LogP contribution in [0.15, 0.2) is 53.9 Å². The average molecular weight is 340 g/mol. The Morgan fingerprint density at radius 2 is 1.96 bits per heavy atom. The quantitative estimate of drug-likeness (QED) is 0.663. The van der Waals surface area contributed by atoms with Crippen LogP contribution in [0.1, 0.15) is 19.0 Å². The standard InChI is InChI=1S/C19H19NO3S/c1-2-23-16-9-5-14(6-10-16)20-15(8-12-19(21)22)7-11-17(20)18-4-3-13-24-18/h3-7,9-11,13H,2,8,12H2,1H3,(H,21,22)/p-1. The first kappa shape index (κ1) is 16.3. The number of aliphatic carboxylic acids is 1. The van der Waals surface area contributed by atoms with Crippen LogP contribution in [-0.2, 0) is 11.2 Å². The fraction of sp³-hybridized carbons (Fsp3) is 0.211. The number of hydrogen-bond acceptors (Lipinski definition) is 4. The predicted molar refractivity (Wildman–Crippen MR) is 93.6 cm³/mol. The number of carboxylic acids is 1. The molecule has 0 aliphatic carbocycles. The van der Waals surface area contributed by atoms with E-state index in [4.69, 9.17) is 4.74 Å². The summed E-state index contributed by atoms with van der Waals surface area (Å²) in [6, 6.07) is 15.9. The summed E-state index contributed by atoms with van der Waals surface area (Å²) < 4.78 is 7.60. The van der Waals surface area contributed by atoms with E-state index < -0.39 is 5.97 Å². The number of thiophene rings is 1. The minimum atomic E-state index is -1.04. The third-order valence-corrected chi connectivity index (χ3v) is 4.62. The summed E-state index contributed by atoms with van der Waals surface area (Å²) in [6.07, 6.45) is 0.436. The van der Waals surface area contributed by atoms with Crippen LogP contribution >= 0.6 is 11.3 Å². The summed E-state index contributed by atoms with van der Waals surface area (Å²) in [5.74, 6) is -0.213. The van der Waals surface area contributed by atoms with Crippen LogP contribution in [0.4, 0.5) is 0 Å². The van der Waals surface area contributed by atoms with Crippen LogP contribution < -0.4 is 9.84 Å². The first-order valence-corrected chi connectivity index (χ1v) is 8.74. The lowest BCUT2D eigenvalue weighted by atomic mass is 10.2. The van der Waals surface area contributed by atoms with Gasteiger partial charge in [-0.3, -0.25) is 0 Å². The van der Waals surface area contributed by atoms with Crippen LogP contribution in [0.25, 0.3) is 16.3 Å². The second kappa shape index (κ2) is 7.36. The van der Waals surface area contributed by atoms with Crippen molar-refractivity contribution in [3.05, 3.63) is 59.6 Å². The molecule has 0 atom stereocenters. The number of ether oxygens (including phenoxy) is 1. The predicted octanol–water partition coefficient (Wildman–Crippen LogP) is 3.29. The van der Waals surface area contributed by atoms with Gasteiger partial charge in [-0.2, -0.15) is 0 Å². The molecule has 2 heterocycles. The topological polar surface area (TPSA) is 54.3 Å². The molecule has 0 unspecified atom stereocenters. The minimum Gasteiger partial charge on any atom is -0.550 e. The molecule has 3 aromatic rings. The first-order chi connectivity index (χ1) is 11.7. The second-order valence-electron chi connectivity index (χ2n) is 5.32. The lowest BCUT2D eigenvalue weighted by molar-refractivity contribution is -0.305. The molecule has 0 saturated carbocycles. The molecule has 0 saturated heterocycles. The van der Waals surface area contributed by atoms with Crippen molar-refractivity contribution in [2.45, 2.75) is 19.8 Å². The van der Waals surface area contributed by atoms with Gasteiger partial charge < -0.3 is 19.2 Å². The van der Waals surface area contributed by atoms with E-state index in [9.17, 15) is 9.90 Å². The van der Waals surface area contributed by atoms with Crippen molar-refractivity contribution in [1.82, 2.24) is 4.57 Å². The van der Waals surface area contributed by atoms with Crippen molar-refractivity contribution >= 4 is 17.3 Å². The number of aromatic nitrogens is 1. The maximum atomic E-state index is 10.8. The molecule has 4 nitrogen and oxygen atoms in total. The van der Waals surface area contributed by atoms with Gasteiger partial charge in [0.15, 0.2) is 0 Å².